The van der Waals surface area contributed by atoms with E-state index in [1.54, 1.807) is 20.8 Å². The van der Waals surface area contributed by atoms with Gasteiger partial charge in [-0.2, -0.15) is 0 Å². The minimum Gasteiger partial charge on any atom is -0.461 e. The van der Waals surface area contributed by atoms with Crippen LogP contribution in [0.15, 0.2) is 12.0 Å². The van der Waals surface area contributed by atoms with Gasteiger partial charge in [0, 0.05) is 0 Å². The Morgan fingerprint density at radius 2 is 2.25 bits per heavy atom. The lowest BCUT2D eigenvalue weighted by Crippen LogP contribution is -2.24. The van der Waals surface area contributed by atoms with Gasteiger partial charge in [-0.25, -0.2) is 4.79 Å². The van der Waals surface area contributed by atoms with Crippen molar-refractivity contribution in [2.75, 3.05) is 6.79 Å². The van der Waals surface area contributed by atoms with Crippen molar-refractivity contribution in [3.05, 3.63) is 12.0 Å². The zero-order chi connectivity index (χ0) is 9.19. The first-order valence-corrected chi connectivity index (χ1v) is 3.67. The summed E-state index contributed by atoms with van der Waals surface area (Å²) in [6.07, 6.45) is 1.26. The van der Waals surface area contributed by atoms with Crippen molar-refractivity contribution in [3.63, 3.8) is 0 Å². The van der Waals surface area contributed by atoms with Crippen molar-refractivity contribution in [3.8, 4) is 0 Å². The number of carbonyl (C=O) groups is 1. The second kappa shape index (κ2) is 3.05. The molecule has 0 saturated carbocycles. The molecule has 1 aliphatic rings. The van der Waals surface area contributed by atoms with Crippen molar-refractivity contribution in [2.24, 2.45) is 0 Å². The largest absolute Gasteiger partial charge is 0.461 e. The lowest BCUT2D eigenvalue weighted by Gasteiger charge is -2.18. The Kier molecular flexibility index (Phi) is 2.26. The van der Waals surface area contributed by atoms with E-state index in [0.29, 0.717) is 0 Å². The molecule has 4 heteroatoms. The van der Waals surface area contributed by atoms with Crippen molar-refractivity contribution < 1.29 is 19.0 Å². The number of esters is 1. The molecule has 0 saturated heterocycles. The highest BCUT2D eigenvalue weighted by molar-refractivity contribution is 5.86. The van der Waals surface area contributed by atoms with E-state index >= 15 is 0 Å². The van der Waals surface area contributed by atoms with Gasteiger partial charge in [0.05, 0.1) is 0 Å². The van der Waals surface area contributed by atoms with Crippen LogP contribution >= 0.6 is 0 Å². The quantitative estimate of drug-likeness (QED) is 0.557. The summed E-state index contributed by atoms with van der Waals surface area (Å²) in [5.74, 6) is -0.357. The van der Waals surface area contributed by atoms with E-state index in [4.69, 9.17) is 14.2 Å². The molecular weight excluding hydrogens is 160 g/mol. The zero-order valence-electron chi connectivity index (χ0n) is 7.42. The highest BCUT2D eigenvalue weighted by atomic mass is 16.7. The summed E-state index contributed by atoms with van der Waals surface area (Å²) < 4.78 is 14.5. The van der Waals surface area contributed by atoms with Crippen LogP contribution in [0.3, 0.4) is 0 Å². The molecule has 0 amide bonds. The maximum absolute atomic E-state index is 11.2. The molecule has 0 bridgehead atoms. The van der Waals surface area contributed by atoms with Crippen LogP contribution in [0.4, 0.5) is 0 Å². The lowest BCUT2D eigenvalue weighted by molar-refractivity contribution is -0.154. The van der Waals surface area contributed by atoms with E-state index in [2.05, 4.69) is 0 Å². The molecule has 0 fully saturated rings. The molecule has 12 heavy (non-hydrogen) atoms. The minimum absolute atomic E-state index is 0.0918. The second-order valence-electron chi connectivity index (χ2n) is 3.41. The fraction of sp³-hybridized carbons (Fsp3) is 0.625. The van der Waals surface area contributed by atoms with Crippen LogP contribution in [0.5, 0.6) is 0 Å². The Morgan fingerprint density at radius 1 is 1.58 bits per heavy atom. The molecular formula is C8H12O4. The van der Waals surface area contributed by atoms with Gasteiger partial charge >= 0.3 is 5.97 Å². The van der Waals surface area contributed by atoms with Crippen LogP contribution in [0, 0.1) is 0 Å². The first-order chi connectivity index (χ1) is 5.49. The third kappa shape index (κ3) is 2.45. The molecule has 1 aliphatic heterocycles. The monoisotopic (exact) mass is 172 g/mol. The van der Waals surface area contributed by atoms with Gasteiger partial charge in [0.15, 0.2) is 0 Å². The molecule has 0 aliphatic carbocycles. The average molecular weight is 172 g/mol. The molecule has 0 spiro atoms. The molecule has 0 aromatic rings. The predicted octanol–water partition coefficient (Wildman–Crippen LogP) is 1.17. The van der Waals surface area contributed by atoms with Gasteiger partial charge in [-0.1, -0.05) is 0 Å². The van der Waals surface area contributed by atoms with Gasteiger partial charge in [-0.3, -0.25) is 0 Å². The molecule has 0 aromatic heterocycles. The van der Waals surface area contributed by atoms with E-state index in [0.717, 1.165) is 0 Å². The van der Waals surface area contributed by atoms with E-state index < -0.39 is 11.6 Å². The number of hydrogen-bond donors (Lipinski definition) is 0. The third-order valence-electron chi connectivity index (χ3n) is 1.07. The number of hydrogen-bond acceptors (Lipinski definition) is 4. The Bertz CT molecular complexity index is 212. The Labute approximate surface area is 71.1 Å². The second-order valence-corrected chi connectivity index (χ2v) is 3.41. The van der Waals surface area contributed by atoms with E-state index in [1.807, 2.05) is 0 Å². The third-order valence-corrected chi connectivity index (χ3v) is 1.07. The molecule has 0 atom stereocenters. The average Bonchev–Trinajstić information content (AvgIpc) is 2.32. The Balaban J connectivity index is 2.49. The van der Waals surface area contributed by atoms with Crippen LogP contribution < -0.4 is 0 Å². The molecule has 68 valence electrons. The van der Waals surface area contributed by atoms with Gasteiger partial charge in [0.25, 0.3) is 0 Å². The number of rotatable bonds is 1. The van der Waals surface area contributed by atoms with Crippen LogP contribution in [-0.4, -0.2) is 18.4 Å². The van der Waals surface area contributed by atoms with Crippen LogP contribution in [0.25, 0.3) is 0 Å². The number of carbonyl (C=O) groups excluding carboxylic acids is 1. The topological polar surface area (TPSA) is 44.8 Å². The van der Waals surface area contributed by atoms with E-state index in [1.165, 1.54) is 6.26 Å². The maximum atomic E-state index is 11.2. The molecule has 1 heterocycles. The van der Waals surface area contributed by atoms with Gasteiger partial charge in [0.2, 0.25) is 12.6 Å². The fourth-order valence-corrected chi connectivity index (χ4v) is 0.677. The standard InChI is InChI=1S/C8H12O4/c1-8(2,3)12-7(9)6-4-10-5-11-6/h4H,5H2,1-3H3. The summed E-state index contributed by atoms with van der Waals surface area (Å²) in [5.41, 5.74) is -0.496. The fourth-order valence-electron chi connectivity index (χ4n) is 0.677. The Hall–Kier alpha value is -1.19. The van der Waals surface area contributed by atoms with Crippen LogP contribution in [0.1, 0.15) is 20.8 Å². The highest BCUT2D eigenvalue weighted by Gasteiger charge is 2.23. The normalized spacial score (nSPS) is 16.1. The summed E-state index contributed by atoms with van der Waals surface area (Å²) in [4.78, 5) is 11.2. The van der Waals surface area contributed by atoms with E-state index in [9.17, 15) is 4.79 Å². The van der Waals surface area contributed by atoms with E-state index in [-0.39, 0.29) is 12.6 Å². The van der Waals surface area contributed by atoms with Crippen molar-refractivity contribution in [1.82, 2.24) is 0 Å². The molecule has 0 aromatic carbocycles. The highest BCUT2D eigenvalue weighted by Crippen LogP contribution is 2.14. The summed E-state index contributed by atoms with van der Waals surface area (Å²) in [6.45, 7) is 5.47. The molecule has 0 radical (unpaired) electrons. The zero-order valence-corrected chi connectivity index (χ0v) is 7.42. The summed E-state index contributed by atoms with van der Waals surface area (Å²) >= 11 is 0. The molecule has 0 N–H and O–H groups in total. The molecule has 4 nitrogen and oxygen atoms in total. The summed E-state index contributed by atoms with van der Waals surface area (Å²) in [5, 5.41) is 0. The molecule has 1 rings (SSSR count). The van der Waals surface area contributed by atoms with Gasteiger partial charge in [-0.15, -0.1) is 0 Å². The van der Waals surface area contributed by atoms with Gasteiger partial charge < -0.3 is 14.2 Å². The van der Waals surface area contributed by atoms with Crippen LogP contribution in [0.2, 0.25) is 0 Å². The molecule has 0 unspecified atom stereocenters. The Morgan fingerprint density at radius 3 is 2.67 bits per heavy atom. The van der Waals surface area contributed by atoms with Crippen LogP contribution in [-0.2, 0) is 19.0 Å². The van der Waals surface area contributed by atoms with Crippen molar-refractivity contribution in [2.45, 2.75) is 26.4 Å². The first-order valence-electron chi connectivity index (χ1n) is 3.67. The van der Waals surface area contributed by atoms with Gasteiger partial charge in [0.1, 0.15) is 11.9 Å². The van der Waals surface area contributed by atoms with Crippen molar-refractivity contribution in [1.29, 1.82) is 0 Å². The first kappa shape index (κ1) is 8.90. The maximum Gasteiger partial charge on any atom is 0.377 e. The predicted molar refractivity (Wildman–Crippen MR) is 41.0 cm³/mol. The lowest BCUT2D eigenvalue weighted by atomic mass is 10.2. The smallest absolute Gasteiger partial charge is 0.377 e. The number of ether oxygens (including phenoxy) is 3. The summed E-state index contributed by atoms with van der Waals surface area (Å²) in [7, 11) is 0. The van der Waals surface area contributed by atoms with Crippen molar-refractivity contribution >= 4 is 5.97 Å². The van der Waals surface area contributed by atoms with Gasteiger partial charge in [-0.05, 0) is 20.8 Å². The minimum atomic E-state index is -0.496. The summed E-state index contributed by atoms with van der Waals surface area (Å²) in [6, 6.07) is 0. The SMILES string of the molecule is CC(C)(C)OC(=O)C1=COCO1.